The zero-order valence-electron chi connectivity index (χ0n) is 7.34. The Labute approximate surface area is 72.6 Å². The summed E-state index contributed by atoms with van der Waals surface area (Å²) in [4.78, 5) is 10.6. The van der Waals surface area contributed by atoms with Crippen molar-refractivity contribution < 1.29 is 9.90 Å². The Morgan fingerprint density at radius 1 is 1.67 bits per heavy atom. The molecule has 0 amide bonds. The van der Waals surface area contributed by atoms with E-state index in [0.717, 1.165) is 31.3 Å². The molecule has 1 rings (SSSR count). The Morgan fingerprint density at radius 2 is 2.42 bits per heavy atom. The summed E-state index contributed by atoms with van der Waals surface area (Å²) in [7, 11) is 0. The van der Waals surface area contributed by atoms with Crippen LogP contribution in [-0.4, -0.2) is 17.0 Å². The molecule has 0 heterocycles. The fraction of sp³-hybridized carbons (Fsp3) is 0.600. The molecule has 0 radical (unpaired) electrons. The summed E-state index contributed by atoms with van der Waals surface area (Å²) in [6, 6.07) is 0. The monoisotopic (exact) mass is 166 g/mol. The second kappa shape index (κ2) is 4.24. The highest BCUT2D eigenvalue weighted by Gasteiger charge is 2.14. The summed E-state index contributed by atoms with van der Waals surface area (Å²) < 4.78 is 0. The second-order valence-corrected chi connectivity index (χ2v) is 3.19. The lowest BCUT2D eigenvalue weighted by Gasteiger charge is -2.17. The lowest BCUT2D eigenvalue weighted by molar-refractivity contribution is -0.112. The highest BCUT2D eigenvalue weighted by Crippen LogP contribution is 2.22. The maximum atomic E-state index is 10.6. The minimum atomic E-state index is -0.366. The summed E-state index contributed by atoms with van der Waals surface area (Å²) in [5.74, 6) is -0.0136. The van der Waals surface area contributed by atoms with Crippen LogP contribution in [0.1, 0.15) is 32.6 Å². The number of carbonyl (C=O) groups is 1. The molecular formula is C10H14O2. The van der Waals surface area contributed by atoms with Gasteiger partial charge in [-0.05, 0) is 26.2 Å². The zero-order chi connectivity index (χ0) is 8.97. The third-order valence-electron chi connectivity index (χ3n) is 2.04. The highest BCUT2D eigenvalue weighted by atomic mass is 16.3. The standard InChI is InChI=1S/C10H14O2/c1-8(11)6-7-9-4-2-3-5-10(9)12/h6,10,12H,2-5H2,1H3. The van der Waals surface area contributed by atoms with Crippen LogP contribution < -0.4 is 0 Å². The van der Waals surface area contributed by atoms with E-state index in [2.05, 4.69) is 5.73 Å². The van der Waals surface area contributed by atoms with Crippen molar-refractivity contribution in [2.24, 2.45) is 0 Å². The van der Waals surface area contributed by atoms with Crippen molar-refractivity contribution in [2.45, 2.75) is 38.7 Å². The summed E-state index contributed by atoms with van der Waals surface area (Å²) in [6.07, 6.45) is 4.91. The van der Waals surface area contributed by atoms with Gasteiger partial charge in [-0.1, -0.05) is 6.42 Å². The van der Waals surface area contributed by atoms with E-state index >= 15 is 0 Å². The number of ketones is 1. The smallest absolute Gasteiger partial charge is 0.160 e. The molecule has 1 aliphatic rings. The van der Waals surface area contributed by atoms with Crippen LogP contribution in [0.4, 0.5) is 0 Å². The third-order valence-corrected chi connectivity index (χ3v) is 2.04. The molecule has 0 aromatic carbocycles. The Bertz CT molecular complexity index is 234. The quantitative estimate of drug-likeness (QED) is 0.474. The number of rotatable bonds is 1. The van der Waals surface area contributed by atoms with E-state index in [1.54, 1.807) is 0 Å². The van der Waals surface area contributed by atoms with Crippen LogP contribution in [0.2, 0.25) is 0 Å². The summed E-state index contributed by atoms with van der Waals surface area (Å²) >= 11 is 0. The van der Waals surface area contributed by atoms with Gasteiger partial charge in [0.05, 0.1) is 6.10 Å². The normalized spacial score (nSPS) is 23.2. The fourth-order valence-corrected chi connectivity index (χ4v) is 1.36. The molecule has 2 nitrogen and oxygen atoms in total. The van der Waals surface area contributed by atoms with Crippen LogP contribution in [-0.2, 0) is 4.79 Å². The van der Waals surface area contributed by atoms with Gasteiger partial charge >= 0.3 is 0 Å². The van der Waals surface area contributed by atoms with Crippen molar-refractivity contribution >= 4 is 5.78 Å². The van der Waals surface area contributed by atoms with Crippen LogP contribution >= 0.6 is 0 Å². The molecule has 1 unspecified atom stereocenters. The number of aliphatic hydroxyl groups excluding tert-OH is 1. The number of hydrogen-bond donors (Lipinski definition) is 1. The minimum Gasteiger partial charge on any atom is -0.388 e. The lowest BCUT2D eigenvalue weighted by atomic mass is 9.93. The number of hydrogen-bond acceptors (Lipinski definition) is 2. The predicted molar refractivity (Wildman–Crippen MR) is 46.8 cm³/mol. The van der Waals surface area contributed by atoms with Gasteiger partial charge in [0.2, 0.25) is 0 Å². The number of carbonyl (C=O) groups excluding carboxylic acids is 1. The first-order valence-corrected chi connectivity index (χ1v) is 4.34. The molecule has 66 valence electrons. The largest absolute Gasteiger partial charge is 0.388 e. The molecule has 1 N–H and O–H groups in total. The van der Waals surface area contributed by atoms with Crippen LogP contribution in [0.25, 0.3) is 0 Å². The maximum absolute atomic E-state index is 10.6. The van der Waals surface area contributed by atoms with E-state index in [1.807, 2.05) is 0 Å². The summed E-state index contributed by atoms with van der Waals surface area (Å²) in [5.41, 5.74) is 3.75. The van der Waals surface area contributed by atoms with E-state index in [1.165, 1.54) is 13.0 Å². The fourth-order valence-electron chi connectivity index (χ4n) is 1.36. The van der Waals surface area contributed by atoms with Gasteiger partial charge in [0.15, 0.2) is 5.78 Å². The zero-order valence-corrected chi connectivity index (χ0v) is 7.34. The summed E-state index contributed by atoms with van der Waals surface area (Å²) in [5, 5.41) is 9.45. The lowest BCUT2D eigenvalue weighted by Crippen LogP contribution is -2.14. The van der Waals surface area contributed by atoms with Crippen LogP contribution in [0.3, 0.4) is 0 Å². The minimum absolute atomic E-state index is 0.0136. The van der Waals surface area contributed by atoms with Gasteiger partial charge in [-0.15, -0.1) is 5.73 Å². The third kappa shape index (κ3) is 2.65. The van der Waals surface area contributed by atoms with Crippen molar-refractivity contribution in [3.8, 4) is 0 Å². The Kier molecular flexibility index (Phi) is 3.27. The molecule has 12 heavy (non-hydrogen) atoms. The first-order valence-electron chi connectivity index (χ1n) is 4.34. The van der Waals surface area contributed by atoms with Crippen LogP contribution in [0.5, 0.6) is 0 Å². The molecule has 1 atom stereocenters. The Balaban J connectivity index is 2.71. The van der Waals surface area contributed by atoms with E-state index in [4.69, 9.17) is 0 Å². The van der Waals surface area contributed by atoms with Gasteiger partial charge in [0.25, 0.3) is 0 Å². The molecule has 1 fully saturated rings. The van der Waals surface area contributed by atoms with Crippen molar-refractivity contribution in [3.63, 3.8) is 0 Å². The van der Waals surface area contributed by atoms with Crippen LogP contribution in [0.15, 0.2) is 17.4 Å². The van der Waals surface area contributed by atoms with Crippen molar-refractivity contribution in [3.05, 3.63) is 17.4 Å². The molecule has 0 bridgehead atoms. The van der Waals surface area contributed by atoms with E-state index < -0.39 is 0 Å². The topological polar surface area (TPSA) is 37.3 Å². The molecule has 0 spiro atoms. The molecular weight excluding hydrogens is 152 g/mol. The SMILES string of the molecule is CC(=O)C=C=C1CCCCC1O. The Hall–Kier alpha value is -0.850. The molecule has 2 heteroatoms. The van der Waals surface area contributed by atoms with E-state index in [9.17, 15) is 9.90 Å². The first kappa shape index (κ1) is 9.24. The van der Waals surface area contributed by atoms with Gasteiger partial charge in [0.1, 0.15) is 0 Å². The molecule has 0 aliphatic heterocycles. The molecule has 0 saturated heterocycles. The molecule has 1 aliphatic carbocycles. The van der Waals surface area contributed by atoms with Gasteiger partial charge in [-0.2, -0.15) is 0 Å². The molecule has 1 saturated carbocycles. The van der Waals surface area contributed by atoms with Gasteiger partial charge < -0.3 is 5.11 Å². The van der Waals surface area contributed by atoms with Crippen molar-refractivity contribution in [1.29, 1.82) is 0 Å². The van der Waals surface area contributed by atoms with Gasteiger partial charge in [-0.25, -0.2) is 0 Å². The van der Waals surface area contributed by atoms with Crippen LogP contribution in [0, 0.1) is 0 Å². The maximum Gasteiger partial charge on any atom is 0.160 e. The molecule has 0 aromatic rings. The van der Waals surface area contributed by atoms with Gasteiger partial charge in [0, 0.05) is 11.6 Å². The average molecular weight is 166 g/mol. The highest BCUT2D eigenvalue weighted by molar-refractivity contribution is 5.87. The summed E-state index contributed by atoms with van der Waals surface area (Å²) in [6.45, 7) is 1.49. The first-order chi connectivity index (χ1) is 5.70. The van der Waals surface area contributed by atoms with E-state index in [-0.39, 0.29) is 11.9 Å². The number of aliphatic hydroxyl groups is 1. The second-order valence-electron chi connectivity index (χ2n) is 3.19. The predicted octanol–water partition coefficient (Wildman–Crippen LogP) is 1.59. The van der Waals surface area contributed by atoms with Gasteiger partial charge in [-0.3, -0.25) is 4.79 Å². The van der Waals surface area contributed by atoms with E-state index in [0.29, 0.717) is 0 Å². The molecule has 0 aromatic heterocycles. The Morgan fingerprint density at radius 3 is 3.00 bits per heavy atom. The van der Waals surface area contributed by atoms with Crippen molar-refractivity contribution in [1.82, 2.24) is 0 Å². The average Bonchev–Trinajstić information content (AvgIpc) is 2.03. The van der Waals surface area contributed by atoms with Crippen molar-refractivity contribution in [2.75, 3.05) is 0 Å².